The van der Waals surface area contributed by atoms with Crippen LogP contribution in [0.25, 0.3) is 0 Å². The molecule has 0 amide bonds. The maximum atomic E-state index is 5.60. The number of nitrogens with zero attached hydrogens (tertiary/aromatic N) is 1. The topological polar surface area (TPSA) is 12.5 Å². The highest BCUT2D eigenvalue weighted by Crippen LogP contribution is 2.46. The van der Waals surface area contributed by atoms with Gasteiger partial charge in [0.25, 0.3) is 0 Å². The highest BCUT2D eigenvalue weighted by Gasteiger charge is 2.42. The highest BCUT2D eigenvalue weighted by molar-refractivity contribution is 5.18. The lowest BCUT2D eigenvalue weighted by molar-refractivity contribution is 0.0356. The first-order chi connectivity index (χ1) is 7.67. The largest absolute Gasteiger partial charge is 0.381 e. The van der Waals surface area contributed by atoms with Gasteiger partial charge in [-0.25, -0.2) is 0 Å². The number of rotatable bonds is 2. The van der Waals surface area contributed by atoms with Crippen molar-refractivity contribution in [3.63, 3.8) is 0 Å². The number of hydrogen-bond acceptors (Lipinski definition) is 2. The van der Waals surface area contributed by atoms with Crippen LogP contribution in [0.4, 0.5) is 0 Å². The van der Waals surface area contributed by atoms with Crippen molar-refractivity contribution >= 4 is 0 Å². The second-order valence-electron chi connectivity index (χ2n) is 5.49. The fourth-order valence-corrected chi connectivity index (χ4v) is 3.40. The summed E-state index contributed by atoms with van der Waals surface area (Å²) in [5.74, 6) is 0. The Labute approximate surface area is 99.0 Å². The molecular weight excluding hydrogens is 198 g/mol. The van der Waals surface area contributed by atoms with E-state index in [2.05, 4.69) is 24.6 Å². The van der Waals surface area contributed by atoms with Crippen molar-refractivity contribution in [1.82, 2.24) is 4.90 Å². The Morgan fingerprint density at radius 2 is 2.38 bits per heavy atom. The van der Waals surface area contributed by atoms with Gasteiger partial charge in [0.1, 0.15) is 0 Å². The number of allylic oxidation sites excluding steroid dienone is 2. The zero-order valence-corrected chi connectivity index (χ0v) is 10.5. The average Bonchev–Trinajstić information content (AvgIpc) is 2.59. The molecule has 1 spiro atoms. The van der Waals surface area contributed by atoms with Gasteiger partial charge in [0.05, 0.1) is 6.10 Å². The number of ether oxygens (including phenoxy) is 1. The maximum absolute atomic E-state index is 5.60. The predicted octanol–water partition coefficient (Wildman–Crippen LogP) is 2.62. The molecule has 0 radical (unpaired) electrons. The van der Waals surface area contributed by atoms with E-state index in [1.165, 1.54) is 37.9 Å². The van der Waals surface area contributed by atoms with Crippen LogP contribution in [0.15, 0.2) is 24.3 Å². The molecule has 2 aliphatic rings. The summed E-state index contributed by atoms with van der Waals surface area (Å²) >= 11 is 0. The van der Waals surface area contributed by atoms with E-state index in [0.29, 0.717) is 11.5 Å². The molecular formula is C14H23NO. The smallest absolute Gasteiger partial charge is 0.0614 e. The minimum absolute atomic E-state index is 0.409. The van der Waals surface area contributed by atoms with Gasteiger partial charge in [0.2, 0.25) is 0 Å². The standard InChI is InChI=1S/C14H23NO/c1-4-5-12-8-13(16-3)10-14(9-12)6-7-15(2)11-14/h4-5,13H,1,6-11H2,2-3H3/b12-5+/t13?,14-/m0/s1. The first-order valence-corrected chi connectivity index (χ1v) is 6.19. The van der Waals surface area contributed by atoms with Crippen LogP contribution < -0.4 is 0 Å². The summed E-state index contributed by atoms with van der Waals surface area (Å²) in [6.45, 7) is 6.27. The second-order valence-corrected chi connectivity index (χ2v) is 5.49. The molecule has 1 heterocycles. The van der Waals surface area contributed by atoms with Gasteiger partial charge >= 0.3 is 0 Å². The Kier molecular flexibility index (Phi) is 3.50. The molecule has 90 valence electrons. The summed E-state index contributed by atoms with van der Waals surface area (Å²) in [4.78, 5) is 2.45. The summed E-state index contributed by atoms with van der Waals surface area (Å²) in [5, 5.41) is 0. The third-order valence-corrected chi connectivity index (χ3v) is 4.07. The second kappa shape index (κ2) is 4.72. The van der Waals surface area contributed by atoms with Crippen LogP contribution in [0.3, 0.4) is 0 Å². The van der Waals surface area contributed by atoms with Crippen molar-refractivity contribution in [3.8, 4) is 0 Å². The molecule has 0 aromatic heterocycles. The van der Waals surface area contributed by atoms with Crippen molar-refractivity contribution in [1.29, 1.82) is 0 Å². The maximum Gasteiger partial charge on any atom is 0.0614 e. The van der Waals surface area contributed by atoms with Crippen LogP contribution in [0, 0.1) is 5.41 Å². The van der Waals surface area contributed by atoms with Crippen molar-refractivity contribution in [3.05, 3.63) is 24.3 Å². The third-order valence-electron chi connectivity index (χ3n) is 4.07. The molecule has 0 bridgehead atoms. The van der Waals surface area contributed by atoms with Gasteiger partial charge in [-0.2, -0.15) is 0 Å². The van der Waals surface area contributed by atoms with E-state index in [-0.39, 0.29) is 0 Å². The summed E-state index contributed by atoms with van der Waals surface area (Å²) in [6.07, 6.45) is 9.38. The average molecular weight is 221 g/mol. The molecule has 2 rings (SSSR count). The van der Waals surface area contributed by atoms with Crippen LogP contribution in [0.2, 0.25) is 0 Å². The van der Waals surface area contributed by atoms with E-state index >= 15 is 0 Å². The van der Waals surface area contributed by atoms with Crippen molar-refractivity contribution in [2.45, 2.75) is 31.8 Å². The molecule has 2 atom stereocenters. The minimum atomic E-state index is 0.409. The molecule has 0 aromatic rings. The van der Waals surface area contributed by atoms with Crippen LogP contribution >= 0.6 is 0 Å². The van der Waals surface area contributed by atoms with E-state index < -0.39 is 0 Å². The molecule has 1 saturated carbocycles. The third kappa shape index (κ3) is 2.38. The summed E-state index contributed by atoms with van der Waals surface area (Å²) in [6, 6.07) is 0. The minimum Gasteiger partial charge on any atom is -0.381 e. The summed E-state index contributed by atoms with van der Waals surface area (Å²) in [5.41, 5.74) is 1.99. The zero-order chi connectivity index (χ0) is 11.6. The fraction of sp³-hybridized carbons (Fsp3) is 0.714. The Balaban J connectivity index is 2.14. The lowest BCUT2D eigenvalue weighted by Crippen LogP contribution is -2.35. The summed E-state index contributed by atoms with van der Waals surface area (Å²) < 4.78 is 5.60. The van der Waals surface area contributed by atoms with Gasteiger partial charge in [0.15, 0.2) is 0 Å². The lowest BCUT2D eigenvalue weighted by Gasteiger charge is -2.38. The van der Waals surface area contributed by atoms with Crippen LogP contribution in [-0.4, -0.2) is 38.3 Å². The van der Waals surface area contributed by atoms with E-state index in [0.717, 1.165) is 6.42 Å². The number of methoxy groups -OCH3 is 1. The molecule has 2 heteroatoms. The number of likely N-dealkylation sites (tertiary alicyclic amines) is 1. The van der Waals surface area contributed by atoms with Crippen LogP contribution in [-0.2, 0) is 4.74 Å². The molecule has 16 heavy (non-hydrogen) atoms. The lowest BCUT2D eigenvalue weighted by atomic mass is 9.70. The molecule has 1 unspecified atom stereocenters. The Morgan fingerprint density at radius 3 is 2.94 bits per heavy atom. The first-order valence-electron chi connectivity index (χ1n) is 6.19. The Hall–Kier alpha value is -0.600. The zero-order valence-electron chi connectivity index (χ0n) is 10.5. The monoisotopic (exact) mass is 221 g/mol. The SMILES string of the molecule is C=C/C=C1\CC(OC)C[C@]2(CCN(C)C2)C1. The molecule has 2 fully saturated rings. The van der Waals surface area contributed by atoms with Crippen molar-refractivity contribution in [2.75, 3.05) is 27.2 Å². The quantitative estimate of drug-likeness (QED) is 0.710. The molecule has 1 aliphatic heterocycles. The Morgan fingerprint density at radius 1 is 1.56 bits per heavy atom. The van der Waals surface area contributed by atoms with Gasteiger partial charge < -0.3 is 9.64 Å². The van der Waals surface area contributed by atoms with Crippen LogP contribution in [0.5, 0.6) is 0 Å². The summed E-state index contributed by atoms with van der Waals surface area (Å²) in [7, 11) is 4.07. The van der Waals surface area contributed by atoms with Crippen LogP contribution in [0.1, 0.15) is 25.7 Å². The van der Waals surface area contributed by atoms with Gasteiger partial charge in [-0.3, -0.25) is 0 Å². The molecule has 2 nitrogen and oxygen atoms in total. The van der Waals surface area contributed by atoms with E-state index in [1.54, 1.807) is 0 Å². The fourth-order valence-electron chi connectivity index (χ4n) is 3.40. The molecule has 1 saturated heterocycles. The van der Waals surface area contributed by atoms with E-state index in [4.69, 9.17) is 4.74 Å². The van der Waals surface area contributed by atoms with E-state index in [9.17, 15) is 0 Å². The van der Waals surface area contributed by atoms with Crippen molar-refractivity contribution < 1.29 is 4.74 Å². The number of hydrogen-bond donors (Lipinski definition) is 0. The highest BCUT2D eigenvalue weighted by atomic mass is 16.5. The van der Waals surface area contributed by atoms with Crippen molar-refractivity contribution in [2.24, 2.45) is 5.41 Å². The van der Waals surface area contributed by atoms with Gasteiger partial charge in [-0.05, 0) is 44.7 Å². The first kappa shape index (κ1) is 11.9. The van der Waals surface area contributed by atoms with Gasteiger partial charge in [-0.15, -0.1) is 0 Å². The Bertz CT molecular complexity index is 297. The molecule has 1 aliphatic carbocycles. The predicted molar refractivity (Wildman–Crippen MR) is 67.5 cm³/mol. The van der Waals surface area contributed by atoms with Gasteiger partial charge in [-0.1, -0.05) is 24.3 Å². The molecule has 0 N–H and O–H groups in total. The normalized spacial score (nSPS) is 38.4. The van der Waals surface area contributed by atoms with E-state index in [1.807, 2.05) is 13.2 Å². The van der Waals surface area contributed by atoms with Gasteiger partial charge in [0, 0.05) is 13.7 Å². The molecule has 0 aromatic carbocycles.